The number of carbonyl (C=O) groups is 1. The first-order chi connectivity index (χ1) is 12.6. The minimum atomic E-state index is -0.343. The van der Waals surface area contributed by atoms with Crippen molar-refractivity contribution in [2.45, 2.75) is 26.9 Å². The molecular weight excluding hydrogens is 332 g/mol. The summed E-state index contributed by atoms with van der Waals surface area (Å²) < 4.78 is 16.4. The lowest BCUT2D eigenvalue weighted by atomic mass is 10.2. The van der Waals surface area contributed by atoms with E-state index in [2.05, 4.69) is 10.5 Å². The van der Waals surface area contributed by atoms with Gasteiger partial charge in [-0.1, -0.05) is 12.1 Å². The smallest absolute Gasteiger partial charge is 0.277 e. The molecule has 0 bridgehead atoms. The molecule has 6 heteroatoms. The third-order valence-corrected chi connectivity index (χ3v) is 3.14. The molecule has 0 aromatic heterocycles. The van der Waals surface area contributed by atoms with E-state index in [9.17, 15) is 4.79 Å². The zero-order valence-corrected chi connectivity index (χ0v) is 15.3. The minimum absolute atomic E-state index is 0.0987. The highest BCUT2D eigenvalue weighted by Crippen LogP contribution is 2.17. The highest BCUT2D eigenvalue weighted by Gasteiger charge is 2.02. The number of ether oxygens (including phenoxy) is 3. The molecule has 0 unspecified atom stereocenters. The maximum Gasteiger partial charge on any atom is 0.277 e. The highest BCUT2D eigenvalue weighted by molar-refractivity contribution is 5.83. The van der Waals surface area contributed by atoms with Gasteiger partial charge < -0.3 is 14.2 Å². The summed E-state index contributed by atoms with van der Waals surface area (Å²) in [5, 5.41) is 3.93. The Kier molecular flexibility index (Phi) is 7.49. The topological polar surface area (TPSA) is 69.2 Å². The van der Waals surface area contributed by atoms with Crippen molar-refractivity contribution >= 4 is 12.1 Å². The summed E-state index contributed by atoms with van der Waals surface area (Å²) >= 11 is 0. The van der Waals surface area contributed by atoms with Crippen LogP contribution < -0.4 is 19.6 Å². The number of carbonyl (C=O) groups excluding carboxylic acids is 1. The average molecular weight is 356 g/mol. The second-order valence-electron chi connectivity index (χ2n) is 5.73. The van der Waals surface area contributed by atoms with Crippen molar-refractivity contribution in [3.05, 3.63) is 54.1 Å². The number of hydrogen-bond acceptors (Lipinski definition) is 5. The van der Waals surface area contributed by atoms with Gasteiger partial charge in [0.05, 0.1) is 18.9 Å². The Labute approximate surface area is 153 Å². The molecule has 2 aromatic carbocycles. The molecule has 1 amide bonds. The fourth-order valence-electron chi connectivity index (χ4n) is 2.10. The van der Waals surface area contributed by atoms with E-state index in [1.165, 1.54) is 0 Å². The van der Waals surface area contributed by atoms with Gasteiger partial charge in [0.2, 0.25) is 0 Å². The van der Waals surface area contributed by atoms with Crippen LogP contribution in [0.15, 0.2) is 53.6 Å². The maximum atomic E-state index is 11.8. The third kappa shape index (κ3) is 6.84. The largest absolute Gasteiger partial charge is 0.494 e. The Morgan fingerprint density at radius 1 is 1.08 bits per heavy atom. The fourth-order valence-corrected chi connectivity index (χ4v) is 2.10. The van der Waals surface area contributed by atoms with E-state index in [4.69, 9.17) is 14.2 Å². The highest BCUT2D eigenvalue weighted by atomic mass is 16.5. The standard InChI is InChI=1S/C20H24N2O4/c1-4-24-17-8-10-18(11-9-17)25-14-20(23)22-21-13-16-6-5-7-19(12-16)26-15(2)3/h5-13,15H,4,14H2,1-3H3,(H,22,23)/b21-13-. The lowest BCUT2D eigenvalue weighted by Crippen LogP contribution is -2.24. The van der Waals surface area contributed by atoms with Crippen molar-refractivity contribution in [3.8, 4) is 17.2 Å². The van der Waals surface area contributed by atoms with Gasteiger partial charge in [-0.3, -0.25) is 4.79 Å². The van der Waals surface area contributed by atoms with Crippen molar-refractivity contribution in [1.82, 2.24) is 5.43 Å². The fraction of sp³-hybridized carbons (Fsp3) is 0.300. The Bertz CT molecular complexity index is 727. The van der Waals surface area contributed by atoms with E-state index in [0.717, 1.165) is 17.1 Å². The average Bonchev–Trinajstić information content (AvgIpc) is 2.61. The number of amides is 1. The van der Waals surface area contributed by atoms with Crippen LogP contribution in [0.3, 0.4) is 0 Å². The van der Waals surface area contributed by atoms with Crippen molar-refractivity contribution in [2.24, 2.45) is 5.10 Å². The molecule has 0 aliphatic rings. The van der Waals surface area contributed by atoms with Gasteiger partial charge in [-0.05, 0) is 62.7 Å². The van der Waals surface area contributed by atoms with Gasteiger partial charge in [-0.15, -0.1) is 0 Å². The van der Waals surface area contributed by atoms with Gasteiger partial charge in [0.1, 0.15) is 17.2 Å². The number of nitrogens with zero attached hydrogens (tertiary/aromatic N) is 1. The number of rotatable bonds is 9. The van der Waals surface area contributed by atoms with Crippen LogP contribution in [0, 0.1) is 0 Å². The second-order valence-corrected chi connectivity index (χ2v) is 5.73. The Balaban J connectivity index is 1.78. The molecule has 0 fully saturated rings. The quantitative estimate of drug-likeness (QED) is 0.552. The Morgan fingerprint density at radius 3 is 2.42 bits per heavy atom. The SMILES string of the molecule is CCOc1ccc(OCC(=O)N/N=C\c2cccc(OC(C)C)c2)cc1. The van der Waals surface area contributed by atoms with Crippen LogP contribution in [-0.4, -0.2) is 31.4 Å². The molecule has 0 saturated carbocycles. The Morgan fingerprint density at radius 2 is 1.77 bits per heavy atom. The molecule has 0 spiro atoms. The number of hydrogen-bond donors (Lipinski definition) is 1. The van der Waals surface area contributed by atoms with E-state index >= 15 is 0 Å². The summed E-state index contributed by atoms with van der Waals surface area (Å²) in [4.78, 5) is 11.8. The second kappa shape index (κ2) is 10.1. The van der Waals surface area contributed by atoms with Crippen LogP contribution in [0.5, 0.6) is 17.2 Å². The van der Waals surface area contributed by atoms with Crippen molar-refractivity contribution in [2.75, 3.05) is 13.2 Å². The molecule has 1 N–H and O–H groups in total. The van der Waals surface area contributed by atoms with Gasteiger partial charge in [-0.2, -0.15) is 5.10 Å². The summed E-state index contributed by atoms with van der Waals surface area (Å²) in [5.74, 6) is 1.77. The van der Waals surface area contributed by atoms with Gasteiger partial charge >= 0.3 is 0 Å². The molecule has 6 nitrogen and oxygen atoms in total. The van der Waals surface area contributed by atoms with E-state index < -0.39 is 0 Å². The van der Waals surface area contributed by atoms with Crippen molar-refractivity contribution < 1.29 is 19.0 Å². The summed E-state index contributed by atoms with van der Waals surface area (Å²) in [5.41, 5.74) is 3.26. The molecule has 0 radical (unpaired) electrons. The van der Waals surface area contributed by atoms with Crippen LogP contribution >= 0.6 is 0 Å². The first-order valence-corrected chi connectivity index (χ1v) is 8.51. The van der Waals surface area contributed by atoms with Crippen LogP contribution in [0.4, 0.5) is 0 Å². The molecule has 0 aliphatic heterocycles. The zero-order chi connectivity index (χ0) is 18.8. The van der Waals surface area contributed by atoms with Gasteiger partial charge in [-0.25, -0.2) is 5.43 Å². The number of nitrogens with one attached hydrogen (secondary N) is 1. The minimum Gasteiger partial charge on any atom is -0.494 e. The molecular formula is C20H24N2O4. The number of benzene rings is 2. The lowest BCUT2D eigenvalue weighted by molar-refractivity contribution is -0.123. The van der Waals surface area contributed by atoms with Crippen LogP contribution in [0.2, 0.25) is 0 Å². The molecule has 0 aliphatic carbocycles. The summed E-state index contributed by atoms with van der Waals surface area (Å²) in [7, 11) is 0. The molecule has 0 heterocycles. The van der Waals surface area contributed by atoms with Gasteiger partial charge in [0, 0.05) is 0 Å². The van der Waals surface area contributed by atoms with Crippen molar-refractivity contribution in [3.63, 3.8) is 0 Å². The number of hydrazone groups is 1. The van der Waals surface area contributed by atoms with E-state index in [-0.39, 0.29) is 18.6 Å². The lowest BCUT2D eigenvalue weighted by Gasteiger charge is -2.09. The Hall–Kier alpha value is -3.02. The first kappa shape index (κ1) is 19.3. The molecule has 2 rings (SSSR count). The molecule has 0 saturated heterocycles. The predicted molar refractivity (Wildman–Crippen MR) is 101 cm³/mol. The zero-order valence-electron chi connectivity index (χ0n) is 15.3. The molecule has 138 valence electrons. The maximum absolute atomic E-state index is 11.8. The summed E-state index contributed by atoms with van der Waals surface area (Å²) in [6.07, 6.45) is 1.66. The normalized spacial score (nSPS) is 10.8. The van der Waals surface area contributed by atoms with Gasteiger partial charge in [0.15, 0.2) is 6.61 Å². The van der Waals surface area contributed by atoms with Crippen LogP contribution in [0.25, 0.3) is 0 Å². The van der Waals surface area contributed by atoms with E-state index in [0.29, 0.717) is 12.4 Å². The van der Waals surface area contributed by atoms with Crippen LogP contribution in [-0.2, 0) is 4.79 Å². The van der Waals surface area contributed by atoms with Crippen LogP contribution in [0.1, 0.15) is 26.3 Å². The van der Waals surface area contributed by atoms with E-state index in [1.807, 2.05) is 45.0 Å². The molecule has 0 atom stereocenters. The monoisotopic (exact) mass is 356 g/mol. The first-order valence-electron chi connectivity index (χ1n) is 8.51. The van der Waals surface area contributed by atoms with Crippen molar-refractivity contribution in [1.29, 1.82) is 0 Å². The summed E-state index contributed by atoms with van der Waals surface area (Å²) in [6, 6.07) is 14.6. The summed E-state index contributed by atoms with van der Waals surface area (Å²) in [6.45, 7) is 6.33. The predicted octanol–water partition coefficient (Wildman–Crippen LogP) is 3.40. The van der Waals surface area contributed by atoms with Gasteiger partial charge in [0.25, 0.3) is 5.91 Å². The third-order valence-electron chi connectivity index (χ3n) is 3.14. The molecule has 26 heavy (non-hydrogen) atoms. The van der Waals surface area contributed by atoms with E-state index in [1.54, 1.807) is 30.5 Å². The molecule has 2 aromatic rings.